The van der Waals surface area contributed by atoms with Gasteiger partial charge in [0, 0.05) is 25.0 Å². The standard InChI is InChI=1S/C35H51NO2/c1-22-16-32-33(36(20-22)21-25-8-6-5-7-9-25)24(3)35(38-32)15-13-28-29-11-10-26-17-27(37)12-14-34(26,4)31(29)18-30(28)23(2)19-35/h5-9,22,24,26-29,31-33,37H,10-21H2,1-4H3/t22-,24+,26+,27-,28-,29-,31-,32+,33-,34-,35-/m0/s1. The van der Waals surface area contributed by atoms with E-state index < -0.39 is 0 Å². The van der Waals surface area contributed by atoms with Crippen molar-refractivity contribution in [2.75, 3.05) is 6.54 Å². The largest absolute Gasteiger partial charge is 0.393 e. The summed E-state index contributed by atoms with van der Waals surface area (Å²) < 4.78 is 7.31. The molecule has 0 radical (unpaired) electrons. The molecule has 2 saturated heterocycles. The Morgan fingerprint density at radius 1 is 1.03 bits per heavy atom. The zero-order chi connectivity index (χ0) is 26.2. The van der Waals surface area contributed by atoms with Crippen molar-refractivity contribution in [3.63, 3.8) is 0 Å². The van der Waals surface area contributed by atoms with Gasteiger partial charge in [-0.15, -0.1) is 0 Å². The molecule has 2 heterocycles. The van der Waals surface area contributed by atoms with Gasteiger partial charge in [-0.25, -0.2) is 0 Å². The third kappa shape index (κ3) is 4.00. The quantitative estimate of drug-likeness (QED) is 0.415. The van der Waals surface area contributed by atoms with Gasteiger partial charge < -0.3 is 9.84 Å². The maximum absolute atomic E-state index is 10.4. The summed E-state index contributed by atoms with van der Waals surface area (Å²) in [6.45, 7) is 12.3. The van der Waals surface area contributed by atoms with Crippen LogP contribution in [-0.2, 0) is 11.3 Å². The Morgan fingerprint density at radius 3 is 2.66 bits per heavy atom. The molecule has 0 aromatic heterocycles. The van der Waals surface area contributed by atoms with Crippen LogP contribution >= 0.6 is 0 Å². The van der Waals surface area contributed by atoms with Gasteiger partial charge in [-0.2, -0.15) is 0 Å². The van der Waals surface area contributed by atoms with Gasteiger partial charge in [0.1, 0.15) is 0 Å². The smallest absolute Gasteiger partial charge is 0.0765 e. The van der Waals surface area contributed by atoms with Crippen molar-refractivity contribution in [3.05, 3.63) is 47.0 Å². The molecule has 0 unspecified atom stereocenters. The van der Waals surface area contributed by atoms with Crippen LogP contribution in [0.5, 0.6) is 0 Å². The second kappa shape index (κ2) is 9.45. The number of benzene rings is 1. The van der Waals surface area contributed by atoms with Gasteiger partial charge in [-0.3, -0.25) is 4.90 Å². The van der Waals surface area contributed by atoms with Crippen molar-refractivity contribution >= 4 is 0 Å². The van der Waals surface area contributed by atoms with Gasteiger partial charge in [0.2, 0.25) is 0 Å². The second-order valence-electron chi connectivity index (χ2n) is 15.1. The Balaban J connectivity index is 1.15. The highest BCUT2D eigenvalue weighted by atomic mass is 16.5. The number of rotatable bonds is 2. The van der Waals surface area contributed by atoms with E-state index in [-0.39, 0.29) is 11.7 Å². The molecule has 6 aliphatic rings. The van der Waals surface area contributed by atoms with Crippen molar-refractivity contribution in [1.82, 2.24) is 4.90 Å². The number of fused-ring (bicyclic) bond motifs is 6. The number of hydrogen-bond donors (Lipinski definition) is 1. The van der Waals surface area contributed by atoms with Gasteiger partial charge in [-0.1, -0.05) is 62.2 Å². The molecule has 0 bridgehead atoms. The summed E-state index contributed by atoms with van der Waals surface area (Å²) in [5.41, 5.74) is 5.42. The van der Waals surface area contributed by atoms with Crippen molar-refractivity contribution < 1.29 is 9.84 Å². The summed E-state index contributed by atoms with van der Waals surface area (Å²) in [6.07, 6.45) is 12.6. The fourth-order valence-corrected chi connectivity index (χ4v) is 11.2. The molecule has 4 aliphatic carbocycles. The number of aliphatic hydroxyl groups is 1. The molecular weight excluding hydrogens is 466 g/mol. The van der Waals surface area contributed by atoms with Crippen molar-refractivity contribution in [2.45, 2.75) is 122 Å². The molecule has 1 aromatic rings. The molecular formula is C35H51NO2. The average molecular weight is 518 g/mol. The first-order chi connectivity index (χ1) is 18.3. The van der Waals surface area contributed by atoms with Crippen LogP contribution in [0.3, 0.4) is 0 Å². The number of hydrogen-bond acceptors (Lipinski definition) is 3. The van der Waals surface area contributed by atoms with E-state index in [9.17, 15) is 5.11 Å². The van der Waals surface area contributed by atoms with Crippen molar-refractivity contribution in [3.8, 4) is 0 Å². The van der Waals surface area contributed by atoms with Gasteiger partial charge in [0.05, 0.1) is 17.8 Å². The van der Waals surface area contributed by atoms with Crippen LogP contribution in [0.4, 0.5) is 0 Å². The average Bonchev–Trinajstić information content (AvgIpc) is 3.35. The third-order valence-electron chi connectivity index (χ3n) is 13.1. The monoisotopic (exact) mass is 517 g/mol. The van der Waals surface area contributed by atoms with E-state index in [0.29, 0.717) is 29.4 Å². The normalized spacial score (nSPS) is 48.8. The molecule has 38 heavy (non-hydrogen) atoms. The lowest BCUT2D eigenvalue weighted by atomic mass is 9.52. The topological polar surface area (TPSA) is 32.7 Å². The first-order valence-corrected chi connectivity index (χ1v) is 16.1. The molecule has 3 nitrogen and oxygen atoms in total. The van der Waals surface area contributed by atoms with E-state index in [2.05, 4.69) is 62.9 Å². The summed E-state index contributed by atoms with van der Waals surface area (Å²) in [6, 6.07) is 11.6. The number of ether oxygens (including phenoxy) is 1. The number of likely N-dealkylation sites (tertiary alicyclic amines) is 1. The number of nitrogens with zero attached hydrogens (tertiary/aromatic N) is 1. The Hall–Kier alpha value is -1.16. The van der Waals surface area contributed by atoms with Crippen LogP contribution in [0.1, 0.15) is 97.5 Å². The van der Waals surface area contributed by atoms with E-state index in [1.165, 1.54) is 57.1 Å². The second-order valence-corrected chi connectivity index (χ2v) is 15.1. The van der Waals surface area contributed by atoms with Crippen LogP contribution in [0.25, 0.3) is 0 Å². The Labute approximate surface area is 231 Å². The lowest BCUT2D eigenvalue weighted by Gasteiger charge is -2.53. The number of allylic oxidation sites excluding steroid dienone is 1. The van der Waals surface area contributed by atoms with E-state index >= 15 is 0 Å². The van der Waals surface area contributed by atoms with Crippen molar-refractivity contribution in [2.24, 2.45) is 40.9 Å². The molecule has 7 rings (SSSR count). The minimum Gasteiger partial charge on any atom is -0.393 e. The molecule has 1 N–H and O–H groups in total. The third-order valence-corrected chi connectivity index (χ3v) is 13.1. The first kappa shape index (κ1) is 25.8. The van der Waals surface area contributed by atoms with Crippen LogP contribution in [0, 0.1) is 40.9 Å². The molecule has 2 aliphatic heterocycles. The fourth-order valence-electron chi connectivity index (χ4n) is 11.2. The number of piperidine rings is 1. The summed E-state index contributed by atoms with van der Waals surface area (Å²) >= 11 is 0. The zero-order valence-electron chi connectivity index (χ0n) is 24.4. The summed E-state index contributed by atoms with van der Waals surface area (Å²) in [5, 5.41) is 10.4. The van der Waals surface area contributed by atoms with Gasteiger partial charge in [-0.05, 0) is 112 Å². The maximum atomic E-state index is 10.4. The van der Waals surface area contributed by atoms with Gasteiger partial charge in [0.25, 0.3) is 0 Å². The van der Waals surface area contributed by atoms with Gasteiger partial charge >= 0.3 is 0 Å². The van der Waals surface area contributed by atoms with Crippen LogP contribution in [0.15, 0.2) is 41.5 Å². The lowest BCUT2D eigenvalue weighted by Crippen LogP contribution is -2.51. The van der Waals surface area contributed by atoms with E-state index in [0.717, 1.165) is 49.5 Å². The maximum Gasteiger partial charge on any atom is 0.0765 e. The summed E-state index contributed by atoms with van der Waals surface area (Å²) in [4.78, 5) is 2.79. The molecule has 3 saturated carbocycles. The Morgan fingerprint density at radius 2 is 1.84 bits per heavy atom. The highest BCUT2D eigenvalue weighted by Gasteiger charge is 2.60. The summed E-state index contributed by atoms with van der Waals surface area (Å²) in [7, 11) is 0. The van der Waals surface area contributed by atoms with E-state index in [1.54, 1.807) is 5.57 Å². The zero-order valence-corrected chi connectivity index (χ0v) is 24.4. The molecule has 208 valence electrons. The van der Waals surface area contributed by atoms with E-state index in [1.807, 2.05) is 5.57 Å². The highest BCUT2D eigenvalue weighted by molar-refractivity contribution is 5.29. The lowest BCUT2D eigenvalue weighted by molar-refractivity contribution is -0.0843. The predicted molar refractivity (Wildman–Crippen MR) is 154 cm³/mol. The Bertz CT molecular complexity index is 1070. The molecule has 3 heteroatoms. The SMILES string of the molecule is CC1=C2C[C@H]3[C@@H](CC[C@@H]4C[C@@H](O)CC[C@@]43C)[C@@H]2CC[C@@]2(C1)O[C@@H]1C[C@H](C)CN(Cc3ccccc3)[C@H]1[C@H]2C. The highest BCUT2D eigenvalue weighted by Crippen LogP contribution is 2.65. The molecule has 5 fully saturated rings. The minimum absolute atomic E-state index is 0.0152. The van der Waals surface area contributed by atoms with Crippen LogP contribution < -0.4 is 0 Å². The minimum atomic E-state index is -0.0500. The predicted octanol–water partition coefficient (Wildman–Crippen LogP) is 7.38. The fraction of sp³-hybridized carbons (Fsp3) is 0.771. The van der Waals surface area contributed by atoms with Crippen LogP contribution in [-0.4, -0.2) is 40.4 Å². The van der Waals surface area contributed by atoms with Crippen molar-refractivity contribution in [1.29, 1.82) is 0 Å². The molecule has 0 amide bonds. The first-order valence-electron chi connectivity index (χ1n) is 16.1. The summed E-state index contributed by atoms with van der Waals surface area (Å²) in [5.74, 6) is 4.48. The number of aliphatic hydroxyl groups excluding tert-OH is 1. The molecule has 11 atom stereocenters. The van der Waals surface area contributed by atoms with Crippen LogP contribution in [0.2, 0.25) is 0 Å². The molecule has 1 spiro atoms. The van der Waals surface area contributed by atoms with Gasteiger partial charge in [0.15, 0.2) is 0 Å². The van der Waals surface area contributed by atoms with E-state index in [4.69, 9.17) is 4.74 Å². The Kier molecular flexibility index (Phi) is 6.41. The molecule has 1 aromatic carbocycles.